The summed E-state index contributed by atoms with van der Waals surface area (Å²) in [7, 11) is 0. The first-order valence-corrected chi connectivity index (χ1v) is 8.68. The minimum absolute atomic E-state index is 0.195. The highest BCUT2D eigenvalue weighted by molar-refractivity contribution is 5.99. The van der Waals surface area contributed by atoms with Crippen molar-refractivity contribution < 1.29 is 9.53 Å². The van der Waals surface area contributed by atoms with Crippen molar-refractivity contribution in [2.45, 2.75) is 33.4 Å². The number of carbonyl (C=O) groups is 1. The first kappa shape index (κ1) is 17.7. The number of nitrogens with one attached hydrogen (secondary N) is 2. The molecule has 0 aliphatic carbocycles. The topological polar surface area (TPSA) is 93.4 Å². The molecule has 1 atom stereocenters. The first-order chi connectivity index (χ1) is 12.7. The maximum atomic E-state index is 12.4. The predicted octanol–water partition coefficient (Wildman–Crippen LogP) is 2.27. The zero-order valence-electron chi connectivity index (χ0n) is 15.1. The Labute approximate surface area is 151 Å². The number of carbonyl (C=O) groups excluding carboxylic acids is 1. The molecule has 26 heavy (non-hydrogen) atoms. The third-order valence-corrected chi connectivity index (χ3v) is 3.78. The quantitative estimate of drug-likeness (QED) is 0.643. The Morgan fingerprint density at radius 1 is 1.27 bits per heavy atom. The van der Waals surface area contributed by atoms with E-state index in [1.807, 2.05) is 32.9 Å². The first-order valence-electron chi connectivity index (χ1n) is 8.68. The largest absolute Gasteiger partial charge is 0.487 e. The molecule has 1 aliphatic heterocycles. The highest BCUT2D eigenvalue weighted by atomic mass is 16.5. The molecule has 0 spiro atoms. The van der Waals surface area contributed by atoms with Crippen molar-refractivity contribution in [1.82, 2.24) is 24.9 Å². The van der Waals surface area contributed by atoms with E-state index in [1.165, 1.54) is 6.20 Å². The second-order valence-corrected chi connectivity index (χ2v) is 5.58. The van der Waals surface area contributed by atoms with Gasteiger partial charge in [0.2, 0.25) is 0 Å². The van der Waals surface area contributed by atoms with Gasteiger partial charge in [0.15, 0.2) is 5.65 Å². The average molecular weight is 354 g/mol. The van der Waals surface area contributed by atoms with Crippen LogP contribution in [0.5, 0.6) is 5.75 Å². The van der Waals surface area contributed by atoms with Crippen molar-refractivity contribution in [2.75, 3.05) is 11.9 Å². The monoisotopic (exact) mass is 354 g/mol. The van der Waals surface area contributed by atoms with Crippen LogP contribution in [0.4, 0.5) is 5.82 Å². The van der Waals surface area contributed by atoms with E-state index >= 15 is 0 Å². The lowest BCUT2D eigenvalue weighted by Crippen LogP contribution is -2.33. The molecule has 2 N–H and O–H groups in total. The molecule has 1 amide bonds. The minimum atomic E-state index is -0.226. The Bertz CT molecular complexity index is 908. The number of aromatic nitrogens is 4. The summed E-state index contributed by atoms with van der Waals surface area (Å²) in [4.78, 5) is 21.2. The molecule has 3 aromatic rings. The lowest BCUT2D eigenvalue weighted by atomic mass is 10.3. The van der Waals surface area contributed by atoms with Crippen LogP contribution in [0.2, 0.25) is 0 Å². The minimum Gasteiger partial charge on any atom is -0.487 e. The summed E-state index contributed by atoms with van der Waals surface area (Å²) in [5.74, 6) is 1.10. The standard InChI is InChI=1S/C16H16N6O2.C2H6/c1-10-7-19-16(23)11-8-20-22-6-4-14(21-15(11)22)18-9-12-13(24-10)3-2-5-17-12;1-2/h2-6,8,10H,7,9H2,1H3,(H,18,21)(H,19,23);1-2H3. The molecule has 2 bridgehead atoms. The summed E-state index contributed by atoms with van der Waals surface area (Å²) in [6, 6.07) is 5.49. The molecule has 4 rings (SSSR count). The second kappa shape index (κ2) is 7.81. The molecular weight excluding hydrogens is 332 g/mol. The number of pyridine rings is 1. The normalized spacial score (nSPS) is 16.6. The van der Waals surface area contributed by atoms with Gasteiger partial charge in [0.25, 0.3) is 5.91 Å². The molecule has 0 aromatic carbocycles. The van der Waals surface area contributed by atoms with Crippen LogP contribution in [-0.4, -0.2) is 38.1 Å². The molecular formula is C18H22N6O2. The van der Waals surface area contributed by atoms with Crippen LogP contribution in [-0.2, 0) is 6.54 Å². The second-order valence-electron chi connectivity index (χ2n) is 5.58. The molecule has 0 radical (unpaired) electrons. The lowest BCUT2D eigenvalue weighted by molar-refractivity contribution is 0.0933. The summed E-state index contributed by atoms with van der Waals surface area (Å²) in [5, 5.41) is 10.2. The molecule has 0 fully saturated rings. The number of hydrogen-bond donors (Lipinski definition) is 2. The van der Waals surface area contributed by atoms with E-state index in [4.69, 9.17) is 4.74 Å². The summed E-state index contributed by atoms with van der Waals surface area (Å²) < 4.78 is 7.49. The van der Waals surface area contributed by atoms with E-state index in [2.05, 4.69) is 25.7 Å². The molecule has 136 valence electrons. The molecule has 0 saturated heterocycles. The van der Waals surface area contributed by atoms with Gasteiger partial charge < -0.3 is 15.4 Å². The van der Waals surface area contributed by atoms with Crippen molar-refractivity contribution in [3.8, 4) is 5.75 Å². The highest BCUT2D eigenvalue weighted by Gasteiger charge is 2.17. The van der Waals surface area contributed by atoms with E-state index in [1.54, 1.807) is 23.0 Å². The number of rotatable bonds is 0. The van der Waals surface area contributed by atoms with Gasteiger partial charge in [-0.1, -0.05) is 13.8 Å². The molecule has 8 heteroatoms. The van der Waals surface area contributed by atoms with Crippen molar-refractivity contribution >= 4 is 17.4 Å². The van der Waals surface area contributed by atoms with Gasteiger partial charge in [-0.25, -0.2) is 9.50 Å². The lowest BCUT2D eigenvalue weighted by Gasteiger charge is -2.17. The van der Waals surface area contributed by atoms with E-state index in [0.29, 0.717) is 35.9 Å². The molecule has 3 aromatic heterocycles. The predicted molar refractivity (Wildman–Crippen MR) is 98.3 cm³/mol. The summed E-state index contributed by atoms with van der Waals surface area (Å²) in [6.07, 6.45) is 4.81. The molecule has 0 saturated carbocycles. The molecule has 8 nitrogen and oxygen atoms in total. The number of anilines is 1. The van der Waals surface area contributed by atoms with Gasteiger partial charge >= 0.3 is 0 Å². The van der Waals surface area contributed by atoms with E-state index in [0.717, 1.165) is 5.69 Å². The van der Waals surface area contributed by atoms with E-state index in [9.17, 15) is 4.79 Å². The van der Waals surface area contributed by atoms with Gasteiger partial charge in [-0.15, -0.1) is 0 Å². The molecule has 1 unspecified atom stereocenters. The Morgan fingerprint density at radius 3 is 2.96 bits per heavy atom. The Kier molecular flexibility index (Phi) is 5.31. The Hall–Kier alpha value is -3.16. The van der Waals surface area contributed by atoms with Gasteiger partial charge in [0.1, 0.15) is 28.9 Å². The van der Waals surface area contributed by atoms with Crippen molar-refractivity contribution in [3.63, 3.8) is 0 Å². The number of ether oxygens (including phenoxy) is 1. The van der Waals surface area contributed by atoms with Gasteiger partial charge in [-0.2, -0.15) is 5.10 Å². The van der Waals surface area contributed by atoms with E-state index < -0.39 is 0 Å². The van der Waals surface area contributed by atoms with Crippen molar-refractivity contribution in [1.29, 1.82) is 0 Å². The maximum Gasteiger partial charge on any atom is 0.256 e. The van der Waals surface area contributed by atoms with Gasteiger partial charge in [-0.05, 0) is 25.1 Å². The molecule has 1 aliphatic rings. The number of nitrogens with zero attached hydrogens (tertiary/aromatic N) is 4. The fraction of sp³-hybridized carbons (Fsp3) is 0.333. The van der Waals surface area contributed by atoms with Crippen LogP contribution in [0.1, 0.15) is 36.8 Å². The third-order valence-electron chi connectivity index (χ3n) is 3.78. The number of hydrogen-bond acceptors (Lipinski definition) is 6. The van der Waals surface area contributed by atoms with Crippen LogP contribution < -0.4 is 15.4 Å². The fourth-order valence-electron chi connectivity index (χ4n) is 2.56. The zero-order chi connectivity index (χ0) is 18.5. The third kappa shape index (κ3) is 3.58. The van der Waals surface area contributed by atoms with E-state index in [-0.39, 0.29) is 12.0 Å². The Morgan fingerprint density at radius 2 is 2.12 bits per heavy atom. The zero-order valence-corrected chi connectivity index (χ0v) is 15.1. The average Bonchev–Trinajstić information content (AvgIpc) is 3.10. The van der Waals surface area contributed by atoms with Crippen LogP contribution >= 0.6 is 0 Å². The van der Waals surface area contributed by atoms with Gasteiger partial charge in [0, 0.05) is 12.4 Å². The Balaban J connectivity index is 0.000000948. The van der Waals surface area contributed by atoms with Crippen LogP contribution in [0.25, 0.3) is 5.65 Å². The van der Waals surface area contributed by atoms with Crippen molar-refractivity contribution in [3.05, 3.63) is 48.0 Å². The highest BCUT2D eigenvalue weighted by Crippen LogP contribution is 2.19. The van der Waals surface area contributed by atoms with Crippen molar-refractivity contribution in [2.24, 2.45) is 0 Å². The number of fused-ring (bicyclic) bond motifs is 2. The van der Waals surface area contributed by atoms with Crippen LogP contribution in [0.3, 0.4) is 0 Å². The van der Waals surface area contributed by atoms with Gasteiger partial charge in [0.05, 0.1) is 19.3 Å². The smallest absolute Gasteiger partial charge is 0.256 e. The SMILES string of the molecule is CC.CC1CNC(=O)c2cnn3ccc(nc23)NCc2ncccc2O1. The summed E-state index contributed by atoms with van der Waals surface area (Å²) in [6.45, 7) is 6.74. The van der Waals surface area contributed by atoms with Crippen LogP contribution in [0, 0.1) is 0 Å². The number of amides is 1. The summed E-state index contributed by atoms with van der Waals surface area (Å²) >= 11 is 0. The molecule has 4 heterocycles. The van der Waals surface area contributed by atoms with Crippen LogP contribution in [0.15, 0.2) is 36.8 Å². The maximum absolute atomic E-state index is 12.4. The van der Waals surface area contributed by atoms with Gasteiger partial charge in [-0.3, -0.25) is 9.78 Å². The summed E-state index contributed by atoms with van der Waals surface area (Å²) in [5.41, 5.74) is 1.72. The fourth-order valence-corrected chi connectivity index (χ4v) is 2.56.